The van der Waals surface area contributed by atoms with Crippen molar-refractivity contribution in [3.63, 3.8) is 0 Å². The summed E-state index contributed by atoms with van der Waals surface area (Å²) in [7, 11) is 0. The molecule has 1 aromatic heterocycles. The molecule has 1 aromatic carbocycles. The highest BCUT2D eigenvalue weighted by atomic mass is 16.5. The number of hydrogen-bond donors (Lipinski definition) is 1. The monoisotopic (exact) mass is 299 g/mol. The highest BCUT2D eigenvalue weighted by molar-refractivity contribution is 5.80. The Hall–Kier alpha value is -2.36. The van der Waals surface area contributed by atoms with E-state index in [4.69, 9.17) is 4.74 Å². The Balaban J connectivity index is 1.92. The minimum Gasteiger partial charge on any atom is -0.459 e. The summed E-state index contributed by atoms with van der Waals surface area (Å²) in [6.45, 7) is 4.05. The number of allylic oxidation sites excluding steroid dienone is 2. The molecule has 0 aliphatic heterocycles. The first kappa shape index (κ1) is 16.0. The summed E-state index contributed by atoms with van der Waals surface area (Å²) in [4.78, 5) is 25.9. The second-order valence-corrected chi connectivity index (χ2v) is 5.38. The summed E-state index contributed by atoms with van der Waals surface area (Å²) in [6, 6.07) is 9.89. The van der Waals surface area contributed by atoms with Crippen LogP contribution >= 0.6 is 0 Å². The number of rotatable bonds is 7. The Morgan fingerprint density at radius 1 is 1.36 bits per heavy atom. The maximum Gasteiger partial charge on any atom is 0.306 e. The number of nitrogens with one attached hydrogen (secondary N) is 1. The average molecular weight is 299 g/mol. The topological polar surface area (TPSA) is 59.2 Å². The summed E-state index contributed by atoms with van der Waals surface area (Å²) in [5.41, 5.74) is 2.93. The van der Waals surface area contributed by atoms with Crippen molar-refractivity contribution >= 4 is 23.2 Å². The summed E-state index contributed by atoms with van der Waals surface area (Å²) < 4.78 is 5.32. The minimum atomic E-state index is -0.285. The molecule has 4 heteroatoms. The molecule has 0 radical (unpaired) electrons. The van der Waals surface area contributed by atoms with Crippen LogP contribution < -0.4 is 0 Å². The van der Waals surface area contributed by atoms with Gasteiger partial charge in [-0.3, -0.25) is 4.79 Å². The molecule has 2 rings (SSSR count). The van der Waals surface area contributed by atoms with Gasteiger partial charge in [-0.05, 0) is 37.3 Å². The van der Waals surface area contributed by atoms with Gasteiger partial charge >= 0.3 is 5.97 Å². The third kappa shape index (κ3) is 4.07. The first-order chi connectivity index (χ1) is 10.6. The number of benzene rings is 1. The molecule has 22 heavy (non-hydrogen) atoms. The van der Waals surface area contributed by atoms with E-state index in [9.17, 15) is 9.59 Å². The fraction of sp³-hybridized carbons (Fsp3) is 0.333. The molecule has 0 saturated carbocycles. The van der Waals surface area contributed by atoms with Crippen LogP contribution in [0, 0.1) is 5.92 Å². The number of esters is 1. The first-order valence-electron chi connectivity index (χ1n) is 7.42. The Kier molecular flexibility index (Phi) is 5.53. The summed E-state index contributed by atoms with van der Waals surface area (Å²) >= 11 is 0. The zero-order valence-electron chi connectivity index (χ0n) is 13.0. The molecule has 1 atom stereocenters. The van der Waals surface area contributed by atoms with E-state index in [1.807, 2.05) is 50.3 Å². The van der Waals surface area contributed by atoms with E-state index in [0.717, 1.165) is 28.5 Å². The number of aromatic amines is 1. The quantitative estimate of drug-likeness (QED) is 0.481. The zero-order valence-corrected chi connectivity index (χ0v) is 13.0. The fourth-order valence-corrected chi connectivity index (χ4v) is 2.41. The van der Waals surface area contributed by atoms with E-state index in [-0.39, 0.29) is 24.9 Å². The molecule has 0 fully saturated rings. The van der Waals surface area contributed by atoms with Gasteiger partial charge in [0.25, 0.3) is 0 Å². The van der Waals surface area contributed by atoms with E-state index >= 15 is 0 Å². The summed E-state index contributed by atoms with van der Waals surface area (Å²) in [6.07, 6.45) is 3.36. The predicted molar refractivity (Wildman–Crippen MR) is 86.3 cm³/mol. The number of carbonyl (C=O) groups excluding carboxylic acids is 2. The molecule has 4 nitrogen and oxygen atoms in total. The summed E-state index contributed by atoms with van der Waals surface area (Å²) in [5, 5.41) is 1.09. The van der Waals surface area contributed by atoms with Gasteiger partial charge in [0.05, 0.1) is 12.1 Å². The van der Waals surface area contributed by atoms with Gasteiger partial charge < -0.3 is 14.5 Å². The number of para-hydroxylation sites is 1. The van der Waals surface area contributed by atoms with E-state index < -0.39 is 0 Å². The van der Waals surface area contributed by atoms with Crippen molar-refractivity contribution in [2.24, 2.45) is 5.92 Å². The van der Waals surface area contributed by atoms with Gasteiger partial charge in [-0.1, -0.05) is 29.8 Å². The van der Waals surface area contributed by atoms with Gasteiger partial charge in [0.2, 0.25) is 0 Å². The third-order valence-corrected chi connectivity index (χ3v) is 3.87. The lowest BCUT2D eigenvalue weighted by Crippen LogP contribution is -2.13. The highest BCUT2D eigenvalue weighted by Gasteiger charge is 2.16. The standard InChI is InChI=1S/C18H21NO3/c1-3-13(2)14(8-9-20)11-18(21)22-12-16-10-15-6-4-5-7-17(15)19-16/h3-7,9-10,14,19H,8,11-12H2,1-2H3/b13-3-/t14-/m0/s1. The molecule has 0 aliphatic rings. The van der Waals surface area contributed by atoms with Crippen LogP contribution in [0.15, 0.2) is 42.0 Å². The highest BCUT2D eigenvalue weighted by Crippen LogP contribution is 2.19. The maximum absolute atomic E-state index is 12.0. The predicted octanol–water partition coefficient (Wildman–Crippen LogP) is 3.77. The van der Waals surface area contributed by atoms with Crippen LogP contribution in [0.5, 0.6) is 0 Å². The first-order valence-corrected chi connectivity index (χ1v) is 7.42. The normalized spacial score (nSPS) is 13.1. The molecule has 1 N–H and O–H groups in total. The van der Waals surface area contributed by atoms with E-state index in [1.165, 1.54) is 0 Å². The van der Waals surface area contributed by atoms with Crippen LogP contribution in [0.4, 0.5) is 0 Å². The molecular formula is C18H21NO3. The van der Waals surface area contributed by atoms with Crippen LogP contribution in [-0.4, -0.2) is 17.2 Å². The van der Waals surface area contributed by atoms with Crippen LogP contribution in [0.2, 0.25) is 0 Å². The maximum atomic E-state index is 12.0. The summed E-state index contributed by atoms with van der Waals surface area (Å²) in [5.74, 6) is -0.357. The van der Waals surface area contributed by atoms with Gasteiger partial charge in [0.15, 0.2) is 0 Å². The Morgan fingerprint density at radius 2 is 2.14 bits per heavy atom. The third-order valence-electron chi connectivity index (χ3n) is 3.87. The average Bonchev–Trinajstić information content (AvgIpc) is 2.94. The van der Waals surface area contributed by atoms with Crippen molar-refractivity contribution in [1.29, 1.82) is 0 Å². The van der Waals surface area contributed by atoms with E-state index in [0.29, 0.717) is 6.42 Å². The van der Waals surface area contributed by atoms with Crippen LogP contribution in [-0.2, 0) is 20.9 Å². The lowest BCUT2D eigenvalue weighted by Gasteiger charge is -2.14. The Bertz CT molecular complexity index is 651. The van der Waals surface area contributed by atoms with E-state index in [1.54, 1.807) is 0 Å². The van der Waals surface area contributed by atoms with Crippen molar-refractivity contribution < 1.29 is 14.3 Å². The molecule has 0 spiro atoms. The smallest absolute Gasteiger partial charge is 0.306 e. The fourth-order valence-electron chi connectivity index (χ4n) is 2.41. The SMILES string of the molecule is C/C=C(/C)[C@@H](CC=O)CC(=O)OCc1cc2ccccc2[nH]1. The van der Waals surface area contributed by atoms with Crippen molar-refractivity contribution in [2.45, 2.75) is 33.3 Å². The van der Waals surface area contributed by atoms with Crippen LogP contribution in [0.1, 0.15) is 32.4 Å². The second-order valence-electron chi connectivity index (χ2n) is 5.38. The lowest BCUT2D eigenvalue weighted by molar-refractivity contribution is -0.145. The number of fused-ring (bicyclic) bond motifs is 1. The zero-order chi connectivity index (χ0) is 15.9. The van der Waals surface area contributed by atoms with Crippen LogP contribution in [0.3, 0.4) is 0 Å². The second kappa shape index (κ2) is 7.59. The van der Waals surface area contributed by atoms with Crippen molar-refractivity contribution in [2.75, 3.05) is 0 Å². The van der Waals surface area contributed by atoms with Gasteiger partial charge in [0, 0.05) is 11.9 Å². The molecule has 1 heterocycles. The van der Waals surface area contributed by atoms with Crippen molar-refractivity contribution in [3.05, 3.63) is 47.7 Å². The van der Waals surface area contributed by atoms with Crippen molar-refractivity contribution in [1.82, 2.24) is 4.98 Å². The molecule has 0 unspecified atom stereocenters. The molecule has 116 valence electrons. The van der Waals surface area contributed by atoms with Gasteiger partial charge in [0.1, 0.15) is 12.9 Å². The van der Waals surface area contributed by atoms with Gasteiger partial charge in [-0.2, -0.15) is 0 Å². The van der Waals surface area contributed by atoms with Crippen molar-refractivity contribution in [3.8, 4) is 0 Å². The molecule has 0 aliphatic carbocycles. The largest absolute Gasteiger partial charge is 0.459 e. The molecular weight excluding hydrogens is 278 g/mol. The molecule has 0 bridgehead atoms. The number of hydrogen-bond acceptors (Lipinski definition) is 3. The van der Waals surface area contributed by atoms with E-state index in [2.05, 4.69) is 4.98 Å². The van der Waals surface area contributed by atoms with Crippen LogP contribution in [0.25, 0.3) is 10.9 Å². The Morgan fingerprint density at radius 3 is 2.82 bits per heavy atom. The molecule has 0 saturated heterocycles. The molecule has 0 amide bonds. The Labute approximate surface area is 130 Å². The number of aldehydes is 1. The molecule has 2 aromatic rings. The minimum absolute atomic E-state index is 0.0716. The van der Waals surface area contributed by atoms with Gasteiger partial charge in [-0.25, -0.2) is 0 Å². The number of carbonyl (C=O) groups is 2. The number of ether oxygens (including phenoxy) is 1. The number of H-pyrrole nitrogens is 1. The number of aromatic nitrogens is 1. The van der Waals surface area contributed by atoms with Gasteiger partial charge in [-0.15, -0.1) is 0 Å². The lowest BCUT2D eigenvalue weighted by atomic mass is 9.94.